The summed E-state index contributed by atoms with van der Waals surface area (Å²) in [6, 6.07) is 2.21. The van der Waals surface area contributed by atoms with Crippen molar-refractivity contribution in [1.29, 1.82) is 0 Å². The molecule has 0 bridgehead atoms. The molecule has 1 aromatic rings. The van der Waals surface area contributed by atoms with Crippen molar-refractivity contribution in [3.8, 4) is 0 Å². The van der Waals surface area contributed by atoms with Crippen molar-refractivity contribution in [2.45, 2.75) is 31.1 Å². The van der Waals surface area contributed by atoms with Gasteiger partial charge in [-0.2, -0.15) is 0 Å². The second-order valence-corrected chi connectivity index (χ2v) is 4.70. The van der Waals surface area contributed by atoms with Crippen LogP contribution in [0.4, 0.5) is 8.78 Å². The largest absolute Gasteiger partial charge is 0.481 e. The zero-order chi connectivity index (χ0) is 12.6. The molecule has 1 aliphatic carbocycles. The highest BCUT2D eigenvalue weighted by Gasteiger charge is 2.45. The predicted octanol–water partition coefficient (Wildman–Crippen LogP) is 3.51. The SMILES string of the molecule is O=C(O)C1(c2ccc(F)c(Cl)c2F)CCCC1. The maximum absolute atomic E-state index is 13.9. The Hall–Kier alpha value is -1.16. The fraction of sp³-hybridized carbons (Fsp3) is 0.417. The van der Waals surface area contributed by atoms with Crippen molar-refractivity contribution in [3.05, 3.63) is 34.4 Å². The monoisotopic (exact) mass is 260 g/mol. The molecule has 0 radical (unpaired) electrons. The maximum atomic E-state index is 13.9. The van der Waals surface area contributed by atoms with Gasteiger partial charge in [-0.15, -0.1) is 0 Å². The summed E-state index contributed by atoms with van der Waals surface area (Å²) in [5.41, 5.74) is -1.25. The number of hydrogen-bond donors (Lipinski definition) is 1. The number of rotatable bonds is 2. The first-order valence-electron chi connectivity index (χ1n) is 5.36. The first-order chi connectivity index (χ1) is 7.99. The summed E-state index contributed by atoms with van der Waals surface area (Å²) < 4.78 is 26.9. The molecule has 2 rings (SSSR count). The van der Waals surface area contributed by atoms with E-state index < -0.39 is 28.0 Å². The van der Waals surface area contributed by atoms with E-state index in [2.05, 4.69) is 0 Å². The molecule has 1 aliphatic rings. The summed E-state index contributed by atoms with van der Waals surface area (Å²) in [5, 5.41) is 8.67. The maximum Gasteiger partial charge on any atom is 0.314 e. The lowest BCUT2D eigenvalue weighted by atomic mass is 9.78. The van der Waals surface area contributed by atoms with Crippen LogP contribution < -0.4 is 0 Å². The Balaban J connectivity index is 2.59. The molecule has 1 aromatic carbocycles. The lowest BCUT2D eigenvalue weighted by Gasteiger charge is -2.25. The normalized spacial score (nSPS) is 18.3. The van der Waals surface area contributed by atoms with Gasteiger partial charge in [0, 0.05) is 5.56 Å². The molecule has 0 atom stereocenters. The fourth-order valence-electron chi connectivity index (χ4n) is 2.47. The van der Waals surface area contributed by atoms with Gasteiger partial charge in [0.2, 0.25) is 0 Å². The first kappa shape index (κ1) is 12.3. The molecule has 17 heavy (non-hydrogen) atoms. The van der Waals surface area contributed by atoms with Crippen LogP contribution in [-0.2, 0) is 10.2 Å². The summed E-state index contributed by atoms with van der Waals surface area (Å²) in [7, 11) is 0. The molecular weight excluding hydrogens is 250 g/mol. The van der Waals surface area contributed by atoms with Crippen LogP contribution in [0.1, 0.15) is 31.2 Å². The highest BCUT2D eigenvalue weighted by Crippen LogP contribution is 2.43. The van der Waals surface area contributed by atoms with Gasteiger partial charge in [-0.25, -0.2) is 8.78 Å². The highest BCUT2D eigenvalue weighted by molar-refractivity contribution is 6.31. The Morgan fingerprint density at radius 2 is 1.88 bits per heavy atom. The second kappa shape index (κ2) is 4.26. The van der Waals surface area contributed by atoms with Gasteiger partial charge in [0.1, 0.15) is 16.7 Å². The molecule has 1 fully saturated rings. The summed E-state index contributed by atoms with van der Waals surface area (Å²) in [6.45, 7) is 0. The van der Waals surface area contributed by atoms with Gasteiger partial charge in [-0.3, -0.25) is 4.79 Å². The molecule has 0 saturated heterocycles. The standard InChI is InChI=1S/C12H11ClF2O2/c13-9-8(14)4-3-7(10(9)15)12(11(16)17)5-1-2-6-12/h3-4H,1-2,5-6H2,(H,16,17). The van der Waals surface area contributed by atoms with E-state index in [9.17, 15) is 18.7 Å². The van der Waals surface area contributed by atoms with Crippen molar-refractivity contribution in [3.63, 3.8) is 0 Å². The van der Waals surface area contributed by atoms with Crippen molar-refractivity contribution in [2.24, 2.45) is 0 Å². The number of carboxylic acids is 1. The van der Waals surface area contributed by atoms with Crippen LogP contribution in [-0.4, -0.2) is 11.1 Å². The van der Waals surface area contributed by atoms with Crippen molar-refractivity contribution < 1.29 is 18.7 Å². The van der Waals surface area contributed by atoms with Crippen LogP contribution in [0.5, 0.6) is 0 Å². The summed E-state index contributed by atoms with van der Waals surface area (Å²) in [5.74, 6) is -2.89. The van der Waals surface area contributed by atoms with Crippen LogP contribution in [0.3, 0.4) is 0 Å². The van der Waals surface area contributed by atoms with Crippen LogP contribution in [0.2, 0.25) is 5.02 Å². The Kier molecular flexibility index (Phi) is 3.08. The van der Waals surface area contributed by atoms with E-state index in [0.717, 1.165) is 18.9 Å². The van der Waals surface area contributed by atoms with Gasteiger partial charge in [0.05, 0.1) is 5.41 Å². The molecule has 92 valence electrons. The smallest absolute Gasteiger partial charge is 0.314 e. The number of hydrogen-bond acceptors (Lipinski definition) is 1. The molecule has 0 amide bonds. The van der Waals surface area contributed by atoms with Gasteiger partial charge in [0.25, 0.3) is 0 Å². The number of carboxylic acid groups (broad SMARTS) is 1. The van der Waals surface area contributed by atoms with E-state index >= 15 is 0 Å². The van der Waals surface area contributed by atoms with Gasteiger partial charge < -0.3 is 5.11 Å². The van der Waals surface area contributed by atoms with Gasteiger partial charge in [-0.05, 0) is 18.9 Å². The Labute approximate surface area is 102 Å². The molecule has 0 aromatic heterocycles. The van der Waals surface area contributed by atoms with Crippen LogP contribution in [0.25, 0.3) is 0 Å². The average molecular weight is 261 g/mol. The summed E-state index contributed by atoms with van der Waals surface area (Å²) in [4.78, 5) is 11.4. The number of halogens is 3. The van der Waals surface area contributed by atoms with E-state index in [-0.39, 0.29) is 5.56 Å². The number of benzene rings is 1. The van der Waals surface area contributed by atoms with Gasteiger partial charge in [0.15, 0.2) is 0 Å². The Morgan fingerprint density at radius 1 is 1.29 bits per heavy atom. The van der Waals surface area contributed by atoms with Crippen LogP contribution >= 0.6 is 11.6 Å². The summed E-state index contributed by atoms with van der Waals surface area (Å²) >= 11 is 5.48. The molecule has 1 saturated carbocycles. The van der Waals surface area contributed by atoms with Crippen LogP contribution in [0, 0.1) is 11.6 Å². The lowest BCUT2D eigenvalue weighted by Crippen LogP contribution is -2.33. The molecule has 0 heterocycles. The molecule has 0 unspecified atom stereocenters. The van der Waals surface area contributed by atoms with E-state index in [1.54, 1.807) is 0 Å². The third-order valence-corrected chi connectivity index (χ3v) is 3.76. The third kappa shape index (κ3) is 1.80. The van der Waals surface area contributed by atoms with Crippen molar-refractivity contribution in [1.82, 2.24) is 0 Å². The second-order valence-electron chi connectivity index (χ2n) is 4.32. The van der Waals surface area contributed by atoms with E-state index in [4.69, 9.17) is 11.6 Å². The first-order valence-corrected chi connectivity index (χ1v) is 5.74. The molecule has 5 heteroatoms. The number of carbonyl (C=O) groups is 1. The fourth-order valence-corrected chi connectivity index (χ4v) is 2.64. The Bertz CT molecular complexity index is 468. The minimum atomic E-state index is -1.25. The van der Waals surface area contributed by atoms with Gasteiger partial charge >= 0.3 is 5.97 Å². The van der Waals surface area contributed by atoms with E-state index in [1.165, 1.54) is 6.07 Å². The molecule has 1 N–H and O–H groups in total. The van der Waals surface area contributed by atoms with Crippen molar-refractivity contribution in [2.75, 3.05) is 0 Å². The van der Waals surface area contributed by atoms with Crippen LogP contribution in [0.15, 0.2) is 12.1 Å². The summed E-state index contributed by atoms with van der Waals surface area (Å²) in [6.07, 6.45) is 2.17. The molecule has 0 aliphatic heterocycles. The topological polar surface area (TPSA) is 37.3 Å². The average Bonchev–Trinajstić information content (AvgIpc) is 2.76. The minimum Gasteiger partial charge on any atom is -0.481 e. The van der Waals surface area contributed by atoms with E-state index in [1.807, 2.05) is 0 Å². The molecule has 0 spiro atoms. The quantitative estimate of drug-likeness (QED) is 0.826. The molecule has 2 nitrogen and oxygen atoms in total. The lowest BCUT2D eigenvalue weighted by molar-refractivity contribution is -0.143. The van der Waals surface area contributed by atoms with Crippen molar-refractivity contribution >= 4 is 17.6 Å². The number of aliphatic carboxylic acids is 1. The third-order valence-electron chi connectivity index (χ3n) is 3.42. The van der Waals surface area contributed by atoms with Gasteiger partial charge in [-0.1, -0.05) is 30.5 Å². The highest BCUT2D eigenvalue weighted by atomic mass is 35.5. The van der Waals surface area contributed by atoms with E-state index in [0.29, 0.717) is 12.8 Å². The molecular formula is C12H11ClF2O2. The Morgan fingerprint density at radius 3 is 2.41 bits per heavy atom. The minimum absolute atomic E-state index is 0.00565. The zero-order valence-corrected chi connectivity index (χ0v) is 9.73. The predicted molar refractivity (Wildman–Crippen MR) is 59.1 cm³/mol. The zero-order valence-electron chi connectivity index (χ0n) is 8.97.